The molecule has 2 aliphatic rings. The highest BCUT2D eigenvalue weighted by molar-refractivity contribution is 14.1. The summed E-state index contributed by atoms with van der Waals surface area (Å²) >= 11 is 2.56. The number of morpholine rings is 1. The fraction of sp³-hybridized carbons (Fsp3) is 0.462. The summed E-state index contributed by atoms with van der Waals surface area (Å²) in [6.45, 7) is 5.18. The molecule has 1 aliphatic carbocycles. The second-order valence-electron chi connectivity index (χ2n) is 9.78. The van der Waals surface area contributed by atoms with Crippen LogP contribution in [-0.4, -0.2) is 60.5 Å². The van der Waals surface area contributed by atoms with Crippen LogP contribution in [0, 0.1) is 5.92 Å². The van der Waals surface area contributed by atoms with Crippen molar-refractivity contribution in [1.29, 1.82) is 0 Å². The number of carbonyl (C=O) groups is 1. The fourth-order valence-corrected chi connectivity index (χ4v) is 6.15. The first-order valence-corrected chi connectivity index (χ1v) is 13.9. The Morgan fingerprint density at radius 3 is 2.78 bits per heavy atom. The molecule has 3 aromatic heterocycles. The fourth-order valence-electron chi connectivity index (χ4n) is 5.44. The summed E-state index contributed by atoms with van der Waals surface area (Å²) in [5.74, 6) is 0.576. The number of carbonyl (C=O) groups excluding carboxylic acids is 1. The maximum absolute atomic E-state index is 13.3. The molecule has 4 aromatic rings. The van der Waals surface area contributed by atoms with Crippen LogP contribution < -0.4 is 10.2 Å². The molecule has 1 aromatic carbocycles. The molecule has 188 valence electrons. The van der Waals surface area contributed by atoms with Crippen LogP contribution >= 0.6 is 22.6 Å². The largest absolute Gasteiger partial charge is 0.378 e. The van der Waals surface area contributed by atoms with Gasteiger partial charge in [-0.1, -0.05) is 29.5 Å². The van der Waals surface area contributed by atoms with Gasteiger partial charge in [0.1, 0.15) is 5.56 Å². The van der Waals surface area contributed by atoms with Crippen molar-refractivity contribution < 1.29 is 9.53 Å². The summed E-state index contributed by atoms with van der Waals surface area (Å²) in [6, 6.07) is 6.39. The Morgan fingerprint density at radius 1 is 1.19 bits per heavy atom. The Hall–Kier alpha value is -2.73. The molecular weight excluding hydrogens is 569 g/mol. The summed E-state index contributed by atoms with van der Waals surface area (Å²) < 4.78 is 10.1. The lowest BCUT2D eigenvalue weighted by atomic mass is 9.84. The van der Waals surface area contributed by atoms with Crippen molar-refractivity contribution in [3.63, 3.8) is 0 Å². The van der Waals surface area contributed by atoms with Gasteiger partial charge in [0.15, 0.2) is 5.65 Å². The first-order valence-electron chi connectivity index (χ1n) is 12.7. The number of alkyl halides is 1. The maximum Gasteiger partial charge on any atom is 0.261 e. The number of nitrogens with zero attached hydrogens (tertiary/aromatic N) is 6. The summed E-state index contributed by atoms with van der Waals surface area (Å²) in [5, 5.41) is 13.4. The van der Waals surface area contributed by atoms with Crippen LogP contribution in [0.1, 0.15) is 49.0 Å². The Bertz CT molecular complexity index is 1380. The summed E-state index contributed by atoms with van der Waals surface area (Å²) in [7, 11) is 0. The third-order valence-corrected chi connectivity index (χ3v) is 8.55. The van der Waals surface area contributed by atoms with Gasteiger partial charge < -0.3 is 15.0 Å². The van der Waals surface area contributed by atoms with E-state index in [1.165, 1.54) is 12.8 Å². The van der Waals surface area contributed by atoms with Crippen LogP contribution in [0.4, 0.5) is 11.4 Å². The first-order chi connectivity index (χ1) is 17.6. The number of fused-ring (bicyclic) bond motifs is 2. The molecule has 1 atom stereocenters. The van der Waals surface area contributed by atoms with Crippen LogP contribution in [0.2, 0.25) is 0 Å². The summed E-state index contributed by atoms with van der Waals surface area (Å²) in [6.07, 6.45) is 12.0. The Balaban J connectivity index is 1.32. The highest BCUT2D eigenvalue weighted by Crippen LogP contribution is 2.38. The number of anilines is 2. The third-order valence-electron chi connectivity index (χ3n) is 7.53. The molecule has 1 amide bonds. The van der Waals surface area contributed by atoms with E-state index in [1.54, 1.807) is 29.2 Å². The van der Waals surface area contributed by atoms with E-state index in [0.717, 1.165) is 54.1 Å². The van der Waals surface area contributed by atoms with Crippen LogP contribution in [0.3, 0.4) is 0 Å². The minimum Gasteiger partial charge on any atom is -0.378 e. The molecule has 1 saturated heterocycles. The predicted molar refractivity (Wildman–Crippen MR) is 148 cm³/mol. The molecule has 2 fully saturated rings. The predicted octanol–water partition coefficient (Wildman–Crippen LogP) is 4.72. The van der Waals surface area contributed by atoms with E-state index < -0.39 is 0 Å². The molecule has 10 heteroatoms. The van der Waals surface area contributed by atoms with Gasteiger partial charge in [0, 0.05) is 41.0 Å². The van der Waals surface area contributed by atoms with Crippen molar-refractivity contribution in [2.24, 2.45) is 5.92 Å². The van der Waals surface area contributed by atoms with Crippen LogP contribution in [-0.2, 0) is 4.74 Å². The van der Waals surface area contributed by atoms with Gasteiger partial charge in [-0.2, -0.15) is 10.2 Å². The van der Waals surface area contributed by atoms with Crippen molar-refractivity contribution in [2.75, 3.05) is 36.5 Å². The highest BCUT2D eigenvalue weighted by atomic mass is 127. The minimum absolute atomic E-state index is 0.226. The molecule has 1 unspecified atom stereocenters. The molecular formula is C26H30IN7O2. The maximum atomic E-state index is 13.3. The van der Waals surface area contributed by atoms with Gasteiger partial charge in [0.05, 0.1) is 42.3 Å². The first kappa shape index (κ1) is 23.7. The number of ether oxygens (including phenoxy) is 1. The van der Waals surface area contributed by atoms with E-state index in [1.807, 2.05) is 0 Å². The summed E-state index contributed by atoms with van der Waals surface area (Å²) in [4.78, 5) is 19.9. The number of halogens is 1. The Labute approximate surface area is 223 Å². The quantitative estimate of drug-likeness (QED) is 0.264. The smallest absolute Gasteiger partial charge is 0.261 e. The van der Waals surface area contributed by atoms with Crippen LogP contribution in [0.15, 0.2) is 43.0 Å². The lowest BCUT2D eigenvalue weighted by molar-refractivity contribution is 0.102. The Morgan fingerprint density at radius 2 is 2.00 bits per heavy atom. The van der Waals surface area contributed by atoms with Crippen molar-refractivity contribution in [2.45, 2.75) is 42.6 Å². The molecule has 36 heavy (non-hydrogen) atoms. The Kier molecular flexibility index (Phi) is 6.55. The number of hydrogen-bond donors (Lipinski definition) is 1. The van der Waals surface area contributed by atoms with Gasteiger partial charge in [-0.15, -0.1) is 0 Å². The van der Waals surface area contributed by atoms with Gasteiger partial charge in [0.2, 0.25) is 0 Å². The monoisotopic (exact) mass is 599 g/mol. The minimum atomic E-state index is -0.226. The van der Waals surface area contributed by atoms with Gasteiger partial charge >= 0.3 is 0 Å². The van der Waals surface area contributed by atoms with Crippen molar-refractivity contribution in [3.8, 4) is 0 Å². The molecule has 0 bridgehead atoms. The summed E-state index contributed by atoms with van der Waals surface area (Å²) in [5.41, 5.74) is 3.67. The number of hydrogen-bond acceptors (Lipinski definition) is 6. The molecule has 0 spiro atoms. The number of benzene rings is 1. The molecule has 0 radical (unpaired) electrons. The van der Waals surface area contributed by atoms with Gasteiger partial charge in [-0.3, -0.25) is 9.48 Å². The molecule has 9 nitrogen and oxygen atoms in total. The van der Waals surface area contributed by atoms with Gasteiger partial charge in [-0.25, -0.2) is 9.50 Å². The average Bonchev–Trinajstić information content (AvgIpc) is 3.53. The zero-order valence-corrected chi connectivity index (χ0v) is 22.5. The van der Waals surface area contributed by atoms with Crippen molar-refractivity contribution >= 4 is 56.4 Å². The van der Waals surface area contributed by atoms with Gasteiger partial charge in [0.25, 0.3) is 5.91 Å². The average molecular weight is 599 g/mol. The molecule has 4 heterocycles. The number of rotatable bonds is 5. The second-order valence-corrected chi connectivity index (χ2v) is 11.7. The van der Waals surface area contributed by atoms with Crippen molar-refractivity contribution in [1.82, 2.24) is 24.4 Å². The zero-order chi connectivity index (χ0) is 24.6. The molecule has 1 N–H and O–H groups in total. The van der Waals surface area contributed by atoms with Crippen LogP contribution in [0.5, 0.6) is 0 Å². The molecule has 6 rings (SSSR count). The third kappa shape index (κ3) is 4.56. The lowest BCUT2D eigenvalue weighted by Crippen LogP contribution is -2.36. The zero-order valence-electron chi connectivity index (χ0n) is 20.3. The molecule has 1 saturated carbocycles. The normalized spacial score (nSPS) is 21.7. The highest BCUT2D eigenvalue weighted by Gasteiger charge is 2.26. The van der Waals surface area contributed by atoms with Gasteiger partial charge in [-0.05, 0) is 49.8 Å². The van der Waals surface area contributed by atoms with Crippen LogP contribution in [0.25, 0.3) is 16.6 Å². The SMILES string of the molecule is CC(I)[C@H]1CC[C@H](n2cc3cc(NC(=O)c4cnn5cccnc45)c(N4CCOCC4)cc3n2)CC1. The van der Waals surface area contributed by atoms with E-state index in [2.05, 4.69) is 72.8 Å². The number of nitrogens with one attached hydrogen (secondary N) is 1. The van der Waals surface area contributed by atoms with E-state index in [9.17, 15) is 4.79 Å². The topological polar surface area (TPSA) is 89.6 Å². The lowest BCUT2D eigenvalue weighted by Gasteiger charge is -2.30. The standard InChI is InChI=1S/C26H30IN7O2/c1-17(27)18-3-5-20(6-4-18)34-16-19-13-23(24(14-22(19)31-34)32-9-11-36-12-10-32)30-26(35)21-15-29-33-8-2-7-28-25(21)33/h2,7-8,13-18,20H,3-6,9-12H2,1H3,(H,30,35)/t17?,18-,20-. The van der Waals surface area contributed by atoms with Crippen molar-refractivity contribution in [3.05, 3.63) is 48.5 Å². The second kappa shape index (κ2) is 9.97. The van der Waals surface area contributed by atoms with E-state index in [-0.39, 0.29) is 5.91 Å². The number of aromatic nitrogens is 5. The molecule has 1 aliphatic heterocycles. The van der Waals surface area contributed by atoms with E-state index in [4.69, 9.17) is 9.84 Å². The van der Waals surface area contributed by atoms with E-state index >= 15 is 0 Å². The van der Waals surface area contributed by atoms with E-state index in [0.29, 0.717) is 34.4 Å². The number of amides is 1.